The normalized spacial score (nSPS) is 16.6. The molecule has 0 saturated heterocycles. The monoisotopic (exact) mass is 574 g/mol. The van der Waals surface area contributed by atoms with Crippen LogP contribution in [0.15, 0.2) is 72.8 Å². The fourth-order valence-corrected chi connectivity index (χ4v) is 5.82. The molecule has 3 aromatic carbocycles. The molecule has 1 heterocycles. The highest BCUT2D eigenvalue weighted by atomic mass is 35.5. The van der Waals surface area contributed by atoms with E-state index in [-0.39, 0.29) is 29.7 Å². The second kappa shape index (κ2) is 12.9. The van der Waals surface area contributed by atoms with Crippen LogP contribution >= 0.6 is 11.6 Å². The van der Waals surface area contributed by atoms with Crippen LogP contribution in [-0.2, 0) is 20.7 Å². The Hall–Kier alpha value is -3.64. The molecule has 0 fully saturated rings. The third-order valence-corrected chi connectivity index (χ3v) is 8.28. The van der Waals surface area contributed by atoms with Gasteiger partial charge in [-0.15, -0.1) is 0 Å². The third-order valence-electron chi connectivity index (χ3n) is 8.03. The molecule has 2 atom stereocenters. The number of halogens is 1. The number of esters is 1. The van der Waals surface area contributed by atoms with Crippen LogP contribution in [0, 0.1) is 5.41 Å². The molecule has 0 unspecified atom stereocenters. The maximum absolute atomic E-state index is 13.9. The molecule has 0 radical (unpaired) electrons. The first kappa shape index (κ1) is 30.3. The van der Waals surface area contributed by atoms with E-state index in [0.29, 0.717) is 23.6 Å². The number of methoxy groups -OCH3 is 1. The van der Waals surface area contributed by atoms with Crippen LogP contribution in [0.2, 0.25) is 5.02 Å². The summed E-state index contributed by atoms with van der Waals surface area (Å²) in [5.74, 6) is -0.636. The van der Waals surface area contributed by atoms with Gasteiger partial charge in [-0.3, -0.25) is 14.4 Å². The second-order valence-corrected chi connectivity index (χ2v) is 11.8. The number of nitrogens with zero attached hydrogens (tertiary/aromatic N) is 2. The number of para-hydroxylation sites is 1. The predicted octanol–water partition coefficient (Wildman–Crippen LogP) is 7.44. The van der Waals surface area contributed by atoms with Crippen LogP contribution < -0.4 is 9.80 Å². The Balaban J connectivity index is 1.51. The molecule has 2 amide bonds. The van der Waals surface area contributed by atoms with E-state index in [2.05, 4.69) is 0 Å². The van der Waals surface area contributed by atoms with Gasteiger partial charge in [0.15, 0.2) is 0 Å². The number of fused-ring (bicyclic) bond motifs is 1. The first-order valence-electron chi connectivity index (χ1n) is 14.2. The molecule has 0 aromatic heterocycles. The average Bonchev–Trinajstić information content (AvgIpc) is 2.97. The van der Waals surface area contributed by atoms with E-state index in [0.717, 1.165) is 41.8 Å². The molecular weight excluding hydrogens is 536 g/mol. The van der Waals surface area contributed by atoms with Gasteiger partial charge in [-0.2, -0.15) is 0 Å². The smallest absolute Gasteiger partial charge is 0.311 e. The third kappa shape index (κ3) is 6.65. The van der Waals surface area contributed by atoms with Crippen molar-refractivity contribution < 1.29 is 19.1 Å². The molecule has 0 N–H and O–H groups in total. The lowest BCUT2D eigenvalue weighted by atomic mass is 9.84. The summed E-state index contributed by atoms with van der Waals surface area (Å²) in [4.78, 5) is 43.3. The van der Waals surface area contributed by atoms with E-state index in [4.69, 9.17) is 16.3 Å². The number of benzene rings is 3. The van der Waals surface area contributed by atoms with Gasteiger partial charge in [0.2, 0.25) is 5.91 Å². The number of carbonyl (C=O) groups is 3. The number of anilines is 2. The number of likely N-dealkylation sites (N-methyl/N-ethyl adjacent to an activating group) is 1. The Bertz CT molecular complexity index is 1380. The molecule has 0 bridgehead atoms. The van der Waals surface area contributed by atoms with Crippen LogP contribution in [0.3, 0.4) is 0 Å². The summed E-state index contributed by atoms with van der Waals surface area (Å²) in [7, 11) is 1.42. The Labute approximate surface area is 248 Å². The van der Waals surface area contributed by atoms with Gasteiger partial charge in [-0.1, -0.05) is 41.9 Å². The Morgan fingerprint density at radius 3 is 2.29 bits per heavy atom. The molecule has 7 heteroatoms. The minimum Gasteiger partial charge on any atom is -0.469 e. The van der Waals surface area contributed by atoms with E-state index in [9.17, 15) is 14.4 Å². The summed E-state index contributed by atoms with van der Waals surface area (Å²) in [5.41, 5.74) is 3.63. The number of hydrogen-bond acceptors (Lipinski definition) is 4. The fourth-order valence-electron chi connectivity index (χ4n) is 5.70. The van der Waals surface area contributed by atoms with Crippen molar-refractivity contribution in [3.05, 3.63) is 94.5 Å². The van der Waals surface area contributed by atoms with Gasteiger partial charge in [-0.05, 0) is 107 Å². The van der Waals surface area contributed by atoms with E-state index in [1.807, 2.05) is 93.3 Å². The molecule has 41 heavy (non-hydrogen) atoms. The number of aryl methyl sites for hydroxylation is 1. The summed E-state index contributed by atoms with van der Waals surface area (Å²) in [6.45, 7) is 8.29. The summed E-state index contributed by atoms with van der Waals surface area (Å²) in [6.07, 6.45) is 2.89. The molecule has 4 rings (SSSR count). The Kier molecular flexibility index (Phi) is 9.54. The number of carbonyl (C=O) groups excluding carboxylic acids is 3. The van der Waals surface area contributed by atoms with Crippen molar-refractivity contribution in [3.63, 3.8) is 0 Å². The maximum Gasteiger partial charge on any atom is 0.311 e. The zero-order chi connectivity index (χ0) is 29.7. The predicted molar refractivity (Wildman–Crippen MR) is 165 cm³/mol. The lowest BCUT2D eigenvalue weighted by molar-refractivity contribution is -0.151. The molecule has 3 aromatic rings. The number of rotatable bonds is 9. The molecule has 0 spiro atoms. The highest BCUT2D eigenvalue weighted by Crippen LogP contribution is 2.41. The summed E-state index contributed by atoms with van der Waals surface area (Å²) >= 11 is 6.08. The van der Waals surface area contributed by atoms with Gasteiger partial charge in [-0.25, -0.2) is 0 Å². The number of hydrogen-bond donors (Lipinski definition) is 0. The summed E-state index contributed by atoms with van der Waals surface area (Å²) in [5, 5.41) is 0.624. The van der Waals surface area contributed by atoms with Gasteiger partial charge >= 0.3 is 5.97 Å². The van der Waals surface area contributed by atoms with Crippen molar-refractivity contribution in [1.82, 2.24) is 0 Å². The quantitative estimate of drug-likeness (QED) is 0.249. The average molecular weight is 575 g/mol. The minimum atomic E-state index is -0.523. The molecule has 1 aliphatic heterocycles. The molecule has 0 aliphatic carbocycles. The zero-order valence-corrected chi connectivity index (χ0v) is 25.3. The maximum atomic E-state index is 13.9. The zero-order valence-electron chi connectivity index (χ0n) is 24.5. The largest absolute Gasteiger partial charge is 0.469 e. The van der Waals surface area contributed by atoms with Gasteiger partial charge in [0, 0.05) is 34.5 Å². The van der Waals surface area contributed by atoms with E-state index in [1.165, 1.54) is 7.11 Å². The van der Waals surface area contributed by atoms with Crippen molar-refractivity contribution >= 4 is 40.8 Å². The number of amides is 2. The van der Waals surface area contributed by atoms with Crippen LogP contribution in [0.4, 0.5) is 11.4 Å². The minimum absolute atomic E-state index is 0.0148. The molecular formula is C34H39ClN2O4. The molecule has 1 aliphatic rings. The molecule has 216 valence electrons. The van der Waals surface area contributed by atoms with Gasteiger partial charge in [0.1, 0.15) is 0 Å². The van der Waals surface area contributed by atoms with Crippen molar-refractivity contribution in [2.45, 2.75) is 65.3 Å². The van der Waals surface area contributed by atoms with Crippen molar-refractivity contribution in [2.24, 2.45) is 5.41 Å². The van der Waals surface area contributed by atoms with Gasteiger partial charge in [0.25, 0.3) is 5.91 Å². The Morgan fingerprint density at radius 1 is 1.00 bits per heavy atom. The lowest BCUT2D eigenvalue weighted by Gasteiger charge is -2.40. The van der Waals surface area contributed by atoms with Crippen molar-refractivity contribution in [3.8, 4) is 0 Å². The van der Waals surface area contributed by atoms with E-state index < -0.39 is 5.41 Å². The van der Waals surface area contributed by atoms with Crippen LogP contribution in [-0.4, -0.2) is 37.5 Å². The topological polar surface area (TPSA) is 66.9 Å². The lowest BCUT2D eigenvalue weighted by Crippen LogP contribution is -2.46. The second-order valence-electron chi connectivity index (χ2n) is 11.4. The van der Waals surface area contributed by atoms with Gasteiger partial charge in [0.05, 0.1) is 18.4 Å². The van der Waals surface area contributed by atoms with Crippen molar-refractivity contribution in [1.29, 1.82) is 0 Å². The van der Waals surface area contributed by atoms with Gasteiger partial charge < -0.3 is 14.5 Å². The first-order chi connectivity index (χ1) is 19.6. The van der Waals surface area contributed by atoms with Crippen LogP contribution in [0.1, 0.15) is 74.4 Å². The first-order valence-corrected chi connectivity index (χ1v) is 14.6. The van der Waals surface area contributed by atoms with E-state index >= 15 is 0 Å². The van der Waals surface area contributed by atoms with E-state index in [1.54, 1.807) is 17.0 Å². The molecule has 0 saturated carbocycles. The van der Waals surface area contributed by atoms with Crippen LogP contribution in [0.5, 0.6) is 0 Å². The standard InChI is InChI=1S/C34H39ClN2O4/c1-6-36(27-19-17-26(35)18-20-27)32(39)29-22-23(2)37(30-12-8-7-11-28(29)30)31(38)25-15-13-24(14-16-25)10-9-21-34(3,4)33(40)41-5/h7-8,11-20,23,29H,6,9-10,21-22H2,1-5H3/t23-,29-/m0/s1. The summed E-state index contributed by atoms with van der Waals surface area (Å²) in [6, 6.07) is 22.6. The summed E-state index contributed by atoms with van der Waals surface area (Å²) < 4.78 is 4.91. The van der Waals surface area contributed by atoms with Crippen molar-refractivity contribution in [2.75, 3.05) is 23.5 Å². The fraction of sp³-hybridized carbons (Fsp3) is 0.382. The highest BCUT2D eigenvalue weighted by Gasteiger charge is 2.39. The number of ether oxygens (including phenoxy) is 1. The Morgan fingerprint density at radius 2 is 1.66 bits per heavy atom. The highest BCUT2D eigenvalue weighted by molar-refractivity contribution is 6.30. The molecule has 6 nitrogen and oxygen atoms in total. The SMILES string of the molecule is CCN(C(=O)[C@H]1C[C@H](C)N(C(=O)c2ccc(CCCC(C)(C)C(=O)OC)cc2)c2ccccc21)c1ccc(Cl)cc1. The van der Waals surface area contributed by atoms with Crippen LogP contribution in [0.25, 0.3) is 0 Å².